The first-order valence-corrected chi connectivity index (χ1v) is 10.8. The van der Waals surface area contributed by atoms with Crippen molar-refractivity contribution in [2.75, 3.05) is 27.4 Å². The molecule has 0 spiro atoms. The van der Waals surface area contributed by atoms with E-state index in [0.717, 1.165) is 21.2 Å². The average molecular weight is 503 g/mol. The van der Waals surface area contributed by atoms with Gasteiger partial charge in [0.25, 0.3) is 0 Å². The first-order valence-electron chi connectivity index (χ1n) is 10.0. The molecular formula is C25H27BrO6. The number of halogens is 1. The van der Waals surface area contributed by atoms with Gasteiger partial charge in [-0.2, -0.15) is 0 Å². The maximum atomic E-state index is 11.3. The largest absolute Gasteiger partial charge is 0.497 e. The average Bonchev–Trinajstić information content (AvgIpc) is 2.78. The molecule has 2 rings (SSSR count). The van der Waals surface area contributed by atoms with E-state index >= 15 is 0 Å². The molecule has 0 fully saturated rings. The van der Waals surface area contributed by atoms with Crippen molar-refractivity contribution in [3.05, 3.63) is 63.6 Å². The SMILES string of the molecule is CCOC(Cc1ccc(OC/C=C(/C)C#Cc2ccc(OC)cc2OC)c(Br)c1)C(=O)O. The molecule has 0 aromatic heterocycles. The molecule has 2 aromatic carbocycles. The van der Waals surface area contributed by atoms with Gasteiger partial charge in [0, 0.05) is 19.1 Å². The molecule has 1 unspecified atom stereocenters. The molecule has 1 atom stereocenters. The van der Waals surface area contributed by atoms with Gasteiger partial charge in [-0.1, -0.05) is 17.9 Å². The molecule has 0 amide bonds. The van der Waals surface area contributed by atoms with Crippen LogP contribution in [0.1, 0.15) is 25.0 Å². The third-order valence-corrected chi connectivity index (χ3v) is 5.11. The number of methoxy groups -OCH3 is 2. The molecule has 0 bridgehead atoms. The second-order valence-corrected chi connectivity index (χ2v) is 7.62. The molecule has 2 aromatic rings. The van der Waals surface area contributed by atoms with Crippen LogP contribution in [0.15, 0.2) is 52.5 Å². The van der Waals surface area contributed by atoms with E-state index in [4.69, 9.17) is 18.9 Å². The highest BCUT2D eigenvalue weighted by Gasteiger charge is 2.18. The first kappa shape index (κ1) is 25.3. The van der Waals surface area contributed by atoms with Gasteiger partial charge < -0.3 is 24.1 Å². The lowest BCUT2D eigenvalue weighted by molar-refractivity contribution is -0.149. The molecule has 0 radical (unpaired) electrons. The van der Waals surface area contributed by atoms with Gasteiger partial charge in [0.2, 0.25) is 0 Å². The minimum absolute atomic E-state index is 0.283. The summed E-state index contributed by atoms with van der Waals surface area (Å²) in [7, 11) is 3.20. The van der Waals surface area contributed by atoms with Crippen LogP contribution in [0.25, 0.3) is 0 Å². The van der Waals surface area contributed by atoms with Crippen molar-refractivity contribution < 1.29 is 28.8 Å². The Bertz CT molecular complexity index is 1020. The predicted octanol–water partition coefficient (Wildman–Crippen LogP) is 4.88. The van der Waals surface area contributed by atoms with Crippen LogP contribution in [0.2, 0.25) is 0 Å². The van der Waals surface area contributed by atoms with Gasteiger partial charge in [-0.15, -0.1) is 0 Å². The highest BCUT2D eigenvalue weighted by Crippen LogP contribution is 2.27. The molecule has 1 N–H and O–H groups in total. The van der Waals surface area contributed by atoms with Crippen molar-refractivity contribution in [2.24, 2.45) is 0 Å². The number of rotatable bonds is 10. The van der Waals surface area contributed by atoms with Crippen molar-refractivity contribution in [3.63, 3.8) is 0 Å². The lowest BCUT2D eigenvalue weighted by Gasteiger charge is -2.13. The second kappa shape index (κ2) is 12.8. The minimum Gasteiger partial charge on any atom is -0.497 e. The summed E-state index contributed by atoms with van der Waals surface area (Å²) in [5.74, 6) is 7.24. The van der Waals surface area contributed by atoms with E-state index < -0.39 is 12.1 Å². The summed E-state index contributed by atoms with van der Waals surface area (Å²) in [6.45, 7) is 4.37. The number of aliphatic carboxylic acids is 1. The molecule has 0 aliphatic heterocycles. The molecule has 0 aliphatic rings. The van der Waals surface area contributed by atoms with Gasteiger partial charge in [0.1, 0.15) is 23.9 Å². The third kappa shape index (κ3) is 7.63. The van der Waals surface area contributed by atoms with E-state index in [-0.39, 0.29) is 6.42 Å². The Morgan fingerprint density at radius 3 is 2.56 bits per heavy atom. The van der Waals surface area contributed by atoms with Gasteiger partial charge in [0.15, 0.2) is 6.10 Å². The number of allylic oxidation sites excluding steroid dienone is 1. The van der Waals surface area contributed by atoms with Crippen LogP contribution in [0.3, 0.4) is 0 Å². The lowest BCUT2D eigenvalue weighted by Crippen LogP contribution is -2.26. The molecule has 170 valence electrons. The third-order valence-electron chi connectivity index (χ3n) is 4.49. The predicted molar refractivity (Wildman–Crippen MR) is 127 cm³/mol. The standard InChI is InChI=1S/C25H27BrO6/c1-5-31-24(25(27)28)15-18-7-11-22(21(26)14-18)32-13-12-17(2)6-8-19-9-10-20(29-3)16-23(19)30-4/h7,9-12,14,16,24H,5,13,15H2,1-4H3,(H,27,28)/b17-12-. The highest BCUT2D eigenvalue weighted by atomic mass is 79.9. The Morgan fingerprint density at radius 2 is 1.94 bits per heavy atom. The van der Waals surface area contributed by atoms with Gasteiger partial charge in [-0.3, -0.25) is 0 Å². The van der Waals surface area contributed by atoms with E-state index in [9.17, 15) is 9.90 Å². The molecule has 32 heavy (non-hydrogen) atoms. The van der Waals surface area contributed by atoms with Crippen LogP contribution < -0.4 is 14.2 Å². The van der Waals surface area contributed by atoms with Crippen molar-refractivity contribution in [3.8, 4) is 29.1 Å². The van der Waals surface area contributed by atoms with Crippen molar-refractivity contribution in [1.82, 2.24) is 0 Å². The molecule has 0 saturated heterocycles. The van der Waals surface area contributed by atoms with Crippen LogP contribution in [-0.2, 0) is 16.0 Å². The Hall–Kier alpha value is -2.95. The summed E-state index contributed by atoms with van der Waals surface area (Å²) < 4.78 is 22.4. The van der Waals surface area contributed by atoms with Gasteiger partial charge in [0.05, 0.1) is 24.3 Å². The fraction of sp³-hybridized carbons (Fsp3) is 0.320. The number of carboxylic acid groups (broad SMARTS) is 1. The number of hydrogen-bond acceptors (Lipinski definition) is 5. The lowest BCUT2D eigenvalue weighted by atomic mass is 10.1. The van der Waals surface area contributed by atoms with E-state index in [0.29, 0.717) is 30.5 Å². The van der Waals surface area contributed by atoms with Gasteiger partial charge >= 0.3 is 5.97 Å². The maximum Gasteiger partial charge on any atom is 0.333 e. The Kier molecular flexibility index (Phi) is 10.1. The Labute approximate surface area is 197 Å². The summed E-state index contributed by atoms with van der Waals surface area (Å²) in [5, 5.41) is 9.24. The van der Waals surface area contributed by atoms with Crippen molar-refractivity contribution in [1.29, 1.82) is 0 Å². The molecular weight excluding hydrogens is 476 g/mol. The molecule has 6 nitrogen and oxygen atoms in total. The summed E-state index contributed by atoms with van der Waals surface area (Å²) in [4.78, 5) is 11.3. The highest BCUT2D eigenvalue weighted by molar-refractivity contribution is 9.10. The van der Waals surface area contributed by atoms with Crippen LogP contribution in [0, 0.1) is 11.8 Å². The van der Waals surface area contributed by atoms with Crippen molar-refractivity contribution >= 4 is 21.9 Å². The summed E-state index contributed by atoms with van der Waals surface area (Å²) in [5.41, 5.74) is 2.47. The number of benzene rings is 2. The zero-order valence-corrected chi connectivity index (χ0v) is 20.2. The second-order valence-electron chi connectivity index (χ2n) is 6.77. The van der Waals surface area contributed by atoms with E-state index in [2.05, 4.69) is 27.8 Å². The van der Waals surface area contributed by atoms with Crippen LogP contribution in [0.5, 0.6) is 17.2 Å². The molecule has 0 saturated carbocycles. The minimum atomic E-state index is -0.975. The number of carbonyl (C=O) groups is 1. The zero-order valence-electron chi connectivity index (χ0n) is 18.6. The molecule has 0 aliphatic carbocycles. The number of ether oxygens (including phenoxy) is 4. The summed E-state index contributed by atoms with van der Waals surface area (Å²) in [6.07, 6.45) is 1.30. The van der Waals surface area contributed by atoms with Crippen LogP contribution >= 0.6 is 15.9 Å². The summed E-state index contributed by atoms with van der Waals surface area (Å²) >= 11 is 3.48. The van der Waals surface area contributed by atoms with Gasteiger partial charge in [-0.25, -0.2) is 4.79 Å². The van der Waals surface area contributed by atoms with Crippen LogP contribution in [-0.4, -0.2) is 44.6 Å². The Balaban J connectivity index is 1.99. The van der Waals surface area contributed by atoms with Crippen LogP contribution in [0.4, 0.5) is 0 Å². The smallest absolute Gasteiger partial charge is 0.333 e. The normalized spacial score (nSPS) is 11.8. The monoisotopic (exact) mass is 502 g/mol. The zero-order chi connectivity index (χ0) is 23.5. The molecule has 7 heteroatoms. The van der Waals surface area contributed by atoms with E-state index in [1.54, 1.807) is 33.3 Å². The van der Waals surface area contributed by atoms with Gasteiger partial charge in [-0.05, 0) is 71.3 Å². The fourth-order valence-electron chi connectivity index (χ4n) is 2.80. The maximum absolute atomic E-state index is 11.3. The molecule has 0 heterocycles. The number of hydrogen-bond donors (Lipinski definition) is 1. The fourth-order valence-corrected chi connectivity index (χ4v) is 3.34. The summed E-state index contributed by atoms with van der Waals surface area (Å²) in [6, 6.07) is 11.0. The van der Waals surface area contributed by atoms with Crippen molar-refractivity contribution in [2.45, 2.75) is 26.4 Å². The topological polar surface area (TPSA) is 74.2 Å². The number of carboxylic acids is 1. The van der Waals surface area contributed by atoms with E-state index in [1.807, 2.05) is 37.3 Å². The van der Waals surface area contributed by atoms with E-state index in [1.165, 1.54) is 0 Å². The first-order chi connectivity index (χ1) is 15.4. The quantitative estimate of drug-likeness (QED) is 0.467. The Morgan fingerprint density at radius 1 is 1.16 bits per heavy atom.